The average Bonchev–Trinajstić information content (AvgIpc) is 1.78. The normalized spacial score (nSPS) is 43.2. The monoisotopic (exact) mass is 129 g/mol. The fourth-order valence-electron chi connectivity index (χ4n) is 0.913. The van der Waals surface area contributed by atoms with Crippen LogP contribution in [0.1, 0.15) is 26.7 Å². The molecule has 1 heterocycles. The minimum absolute atomic E-state index is 0.467. The van der Waals surface area contributed by atoms with E-state index in [0.717, 1.165) is 6.42 Å². The van der Waals surface area contributed by atoms with Crippen molar-refractivity contribution in [2.45, 2.75) is 32.5 Å². The van der Waals surface area contributed by atoms with Gasteiger partial charge in [-0.3, -0.25) is 4.99 Å². The van der Waals surface area contributed by atoms with Crippen molar-refractivity contribution in [2.75, 3.05) is 0 Å². The van der Waals surface area contributed by atoms with Crippen molar-refractivity contribution >= 4 is 6.21 Å². The van der Waals surface area contributed by atoms with Gasteiger partial charge in [-0.05, 0) is 19.3 Å². The van der Waals surface area contributed by atoms with Crippen LogP contribution in [0.5, 0.6) is 0 Å². The van der Waals surface area contributed by atoms with Gasteiger partial charge in [0.15, 0.2) is 5.79 Å². The molecule has 0 aromatic carbocycles. The van der Waals surface area contributed by atoms with Gasteiger partial charge in [0.1, 0.15) is 0 Å². The Morgan fingerprint density at radius 1 is 1.78 bits per heavy atom. The summed E-state index contributed by atoms with van der Waals surface area (Å²) in [6, 6.07) is 0. The van der Waals surface area contributed by atoms with Gasteiger partial charge in [0.05, 0.1) is 0 Å². The van der Waals surface area contributed by atoms with E-state index in [2.05, 4.69) is 11.9 Å². The van der Waals surface area contributed by atoms with Gasteiger partial charge in [-0.2, -0.15) is 0 Å². The van der Waals surface area contributed by atoms with Crippen LogP contribution in [-0.2, 0) is 0 Å². The number of nitrogens with zero attached hydrogens (tertiary/aromatic N) is 1. The Hall–Kier alpha value is -0.400. The van der Waals surface area contributed by atoms with Gasteiger partial charge < -0.3 is 0 Å². The van der Waals surface area contributed by atoms with E-state index in [1.807, 2.05) is 0 Å². The van der Waals surface area contributed by atoms with E-state index in [9.17, 15) is 4.39 Å². The molecule has 0 radical (unpaired) electrons. The smallest absolute Gasteiger partial charge is 0.196 e. The Bertz CT molecular complexity index is 129. The third kappa shape index (κ3) is 1.77. The van der Waals surface area contributed by atoms with E-state index in [1.54, 1.807) is 6.21 Å². The zero-order chi connectivity index (χ0) is 6.91. The lowest BCUT2D eigenvalue weighted by molar-refractivity contribution is 0.171. The van der Waals surface area contributed by atoms with Crippen molar-refractivity contribution in [3.05, 3.63) is 0 Å². The molecule has 2 unspecified atom stereocenters. The molecule has 0 amide bonds. The minimum Gasteiger partial charge on any atom is -0.258 e. The van der Waals surface area contributed by atoms with Gasteiger partial charge in [-0.25, -0.2) is 4.39 Å². The van der Waals surface area contributed by atoms with Gasteiger partial charge in [0, 0.05) is 12.6 Å². The molecule has 0 saturated carbocycles. The summed E-state index contributed by atoms with van der Waals surface area (Å²) in [6.07, 6.45) is 3.21. The van der Waals surface area contributed by atoms with Crippen LogP contribution in [-0.4, -0.2) is 12.0 Å². The second kappa shape index (κ2) is 2.09. The summed E-state index contributed by atoms with van der Waals surface area (Å²) in [5, 5.41) is 0. The fourth-order valence-corrected chi connectivity index (χ4v) is 0.913. The molecule has 1 nitrogen and oxygen atoms in total. The summed E-state index contributed by atoms with van der Waals surface area (Å²) in [5.41, 5.74) is 0. The SMILES string of the molecule is CC1C=NC(C)(F)CC1. The average molecular weight is 129 g/mol. The predicted molar refractivity (Wildman–Crippen MR) is 36.4 cm³/mol. The highest BCUT2D eigenvalue weighted by Gasteiger charge is 2.24. The van der Waals surface area contributed by atoms with Crippen LogP contribution in [0.4, 0.5) is 4.39 Å². The first-order valence-corrected chi connectivity index (χ1v) is 3.34. The van der Waals surface area contributed by atoms with Crippen LogP contribution in [0.2, 0.25) is 0 Å². The van der Waals surface area contributed by atoms with Crippen LogP contribution in [0.15, 0.2) is 4.99 Å². The molecule has 1 rings (SSSR count). The van der Waals surface area contributed by atoms with Crippen molar-refractivity contribution in [3.63, 3.8) is 0 Å². The van der Waals surface area contributed by atoms with Crippen molar-refractivity contribution in [3.8, 4) is 0 Å². The van der Waals surface area contributed by atoms with Crippen molar-refractivity contribution in [2.24, 2.45) is 10.9 Å². The Morgan fingerprint density at radius 3 is 2.78 bits per heavy atom. The molecule has 0 N–H and O–H groups in total. The maximum Gasteiger partial charge on any atom is 0.196 e. The van der Waals surface area contributed by atoms with E-state index >= 15 is 0 Å². The molecular formula is C7H12FN. The van der Waals surface area contributed by atoms with Crippen molar-refractivity contribution in [1.82, 2.24) is 0 Å². The largest absolute Gasteiger partial charge is 0.258 e. The lowest BCUT2D eigenvalue weighted by Gasteiger charge is -2.21. The summed E-state index contributed by atoms with van der Waals surface area (Å²) >= 11 is 0. The topological polar surface area (TPSA) is 12.4 Å². The molecule has 9 heavy (non-hydrogen) atoms. The molecule has 2 atom stereocenters. The number of hydrogen-bond donors (Lipinski definition) is 0. The van der Waals surface area contributed by atoms with Gasteiger partial charge in [-0.15, -0.1) is 0 Å². The standard InChI is InChI=1S/C7H12FN/c1-6-3-4-7(2,8)9-5-6/h5-6H,3-4H2,1-2H3. The first kappa shape index (κ1) is 6.72. The van der Waals surface area contributed by atoms with E-state index < -0.39 is 5.79 Å². The lowest BCUT2D eigenvalue weighted by atomic mass is 9.99. The first-order chi connectivity index (χ1) is 4.10. The molecule has 52 valence electrons. The van der Waals surface area contributed by atoms with E-state index in [-0.39, 0.29) is 0 Å². The highest BCUT2D eigenvalue weighted by atomic mass is 19.1. The third-order valence-corrected chi connectivity index (χ3v) is 1.65. The predicted octanol–water partition coefficient (Wildman–Crippen LogP) is 2.17. The van der Waals surface area contributed by atoms with Crippen LogP contribution >= 0.6 is 0 Å². The second-order valence-electron chi connectivity index (χ2n) is 2.94. The molecule has 0 aromatic rings. The molecule has 1 aliphatic heterocycles. The number of aliphatic imine (C=N–C) groups is 1. The van der Waals surface area contributed by atoms with E-state index in [1.165, 1.54) is 6.92 Å². The number of hydrogen-bond acceptors (Lipinski definition) is 1. The first-order valence-electron chi connectivity index (χ1n) is 3.34. The van der Waals surface area contributed by atoms with Crippen LogP contribution in [0.3, 0.4) is 0 Å². The third-order valence-electron chi connectivity index (χ3n) is 1.65. The van der Waals surface area contributed by atoms with Crippen LogP contribution in [0.25, 0.3) is 0 Å². The molecule has 0 aliphatic carbocycles. The Balaban J connectivity index is 2.58. The summed E-state index contributed by atoms with van der Waals surface area (Å²) in [4.78, 5) is 3.75. The summed E-state index contributed by atoms with van der Waals surface area (Å²) in [7, 11) is 0. The highest BCUT2D eigenvalue weighted by molar-refractivity contribution is 5.61. The molecule has 0 saturated heterocycles. The summed E-state index contributed by atoms with van der Waals surface area (Å²) in [6.45, 7) is 3.58. The molecule has 0 fully saturated rings. The van der Waals surface area contributed by atoms with E-state index in [0.29, 0.717) is 12.3 Å². The Morgan fingerprint density at radius 2 is 2.44 bits per heavy atom. The van der Waals surface area contributed by atoms with E-state index in [4.69, 9.17) is 0 Å². The minimum atomic E-state index is -1.27. The number of halogens is 1. The second-order valence-corrected chi connectivity index (χ2v) is 2.94. The maximum absolute atomic E-state index is 12.8. The molecular weight excluding hydrogens is 117 g/mol. The maximum atomic E-state index is 12.8. The van der Waals surface area contributed by atoms with Gasteiger partial charge in [0.25, 0.3) is 0 Å². The summed E-state index contributed by atoms with van der Waals surface area (Å²) in [5.74, 6) is -0.805. The highest BCUT2D eigenvalue weighted by Crippen LogP contribution is 2.25. The quantitative estimate of drug-likeness (QED) is 0.444. The fraction of sp³-hybridized carbons (Fsp3) is 0.857. The Kier molecular flexibility index (Phi) is 1.56. The van der Waals surface area contributed by atoms with Gasteiger partial charge in [-0.1, -0.05) is 6.92 Å². The van der Waals surface area contributed by atoms with Crippen molar-refractivity contribution in [1.29, 1.82) is 0 Å². The summed E-state index contributed by atoms with van der Waals surface area (Å²) < 4.78 is 12.8. The number of rotatable bonds is 0. The molecule has 1 aliphatic rings. The van der Waals surface area contributed by atoms with Crippen LogP contribution in [0, 0.1) is 5.92 Å². The van der Waals surface area contributed by atoms with Crippen LogP contribution < -0.4 is 0 Å². The van der Waals surface area contributed by atoms with Crippen molar-refractivity contribution < 1.29 is 4.39 Å². The van der Waals surface area contributed by atoms with Gasteiger partial charge >= 0.3 is 0 Å². The van der Waals surface area contributed by atoms with Gasteiger partial charge in [0.2, 0.25) is 0 Å². The Labute approximate surface area is 55.0 Å². The lowest BCUT2D eigenvalue weighted by Crippen LogP contribution is -2.21. The molecule has 0 spiro atoms. The zero-order valence-corrected chi connectivity index (χ0v) is 5.89. The molecule has 0 aromatic heterocycles. The zero-order valence-electron chi connectivity index (χ0n) is 5.89. The molecule has 0 bridgehead atoms. The number of alkyl halides is 1. The molecule has 2 heteroatoms.